The van der Waals surface area contributed by atoms with Crippen LogP contribution in [-0.4, -0.2) is 49.0 Å². The highest BCUT2D eigenvalue weighted by molar-refractivity contribution is 4.80. The number of hydrogen-bond donors (Lipinski definition) is 1. The molecule has 2 atom stereocenters. The molecule has 0 amide bonds. The van der Waals surface area contributed by atoms with Gasteiger partial charge >= 0.3 is 0 Å². The van der Waals surface area contributed by atoms with Crippen molar-refractivity contribution >= 4 is 0 Å². The van der Waals surface area contributed by atoms with Gasteiger partial charge < -0.3 is 9.84 Å². The van der Waals surface area contributed by atoms with Crippen molar-refractivity contribution in [2.24, 2.45) is 0 Å². The van der Waals surface area contributed by atoms with E-state index in [1.807, 2.05) is 0 Å². The van der Waals surface area contributed by atoms with E-state index >= 15 is 0 Å². The summed E-state index contributed by atoms with van der Waals surface area (Å²) in [6.07, 6.45) is 0.947. The molecule has 1 rings (SSSR count). The van der Waals surface area contributed by atoms with E-state index in [4.69, 9.17) is 4.74 Å². The van der Waals surface area contributed by atoms with Crippen LogP contribution < -0.4 is 0 Å². The Morgan fingerprint density at radius 3 is 2.82 bits per heavy atom. The predicted molar refractivity (Wildman–Crippen MR) is 43.5 cm³/mol. The van der Waals surface area contributed by atoms with Crippen LogP contribution in [0, 0.1) is 0 Å². The quantitative estimate of drug-likeness (QED) is 0.631. The van der Waals surface area contributed by atoms with Crippen LogP contribution in [0.2, 0.25) is 0 Å². The van der Waals surface area contributed by atoms with E-state index in [1.165, 1.54) is 6.42 Å². The molecule has 0 bridgehead atoms. The summed E-state index contributed by atoms with van der Waals surface area (Å²) >= 11 is 0. The molecule has 0 aliphatic carbocycles. The van der Waals surface area contributed by atoms with Crippen LogP contribution in [0.15, 0.2) is 0 Å². The Morgan fingerprint density at radius 1 is 1.73 bits per heavy atom. The summed E-state index contributed by atoms with van der Waals surface area (Å²) in [4.78, 5) is 2.27. The van der Waals surface area contributed by atoms with E-state index < -0.39 is 0 Å². The van der Waals surface area contributed by atoms with Gasteiger partial charge in [-0.2, -0.15) is 0 Å². The number of β-amino-alcohol motifs (C(OH)–C–C–N with tert-alkyl or cyclic N) is 1. The van der Waals surface area contributed by atoms with Gasteiger partial charge in [-0.3, -0.25) is 4.90 Å². The number of ether oxygens (including phenoxy) is 1. The summed E-state index contributed by atoms with van der Waals surface area (Å²) in [6.45, 7) is 4.52. The van der Waals surface area contributed by atoms with Crippen molar-refractivity contribution in [2.75, 3.05) is 26.8 Å². The number of methoxy groups -OCH3 is 1. The lowest BCUT2D eigenvalue weighted by atomic mass is 10.1. The van der Waals surface area contributed by atoms with Gasteiger partial charge in [0.15, 0.2) is 0 Å². The zero-order chi connectivity index (χ0) is 8.27. The Morgan fingerprint density at radius 2 is 2.45 bits per heavy atom. The van der Waals surface area contributed by atoms with Crippen LogP contribution in [0.3, 0.4) is 0 Å². The normalized spacial score (nSPS) is 28.1. The number of aliphatic hydroxyl groups is 1. The maximum atomic E-state index is 9.34. The number of nitrogens with zero attached hydrogens (tertiary/aromatic N) is 1. The first kappa shape index (κ1) is 8.97. The molecule has 11 heavy (non-hydrogen) atoms. The van der Waals surface area contributed by atoms with Gasteiger partial charge in [0, 0.05) is 26.2 Å². The van der Waals surface area contributed by atoms with E-state index in [9.17, 15) is 5.11 Å². The third-order valence-electron chi connectivity index (χ3n) is 2.26. The van der Waals surface area contributed by atoms with Crippen molar-refractivity contribution in [1.82, 2.24) is 4.90 Å². The largest absolute Gasteiger partial charge is 0.389 e. The number of rotatable bonds is 4. The lowest BCUT2D eigenvalue weighted by Gasteiger charge is -2.39. The summed E-state index contributed by atoms with van der Waals surface area (Å²) in [5.41, 5.74) is 0. The Balaban J connectivity index is 2.09. The highest BCUT2D eigenvalue weighted by Gasteiger charge is 2.24. The van der Waals surface area contributed by atoms with Crippen LogP contribution in [0.1, 0.15) is 13.3 Å². The molecular weight excluding hydrogens is 142 g/mol. The molecule has 2 unspecified atom stereocenters. The van der Waals surface area contributed by atoms with Crippen LogP contribution >= 0.6 is 0 Å². The van der Waals surface area contributed by atoms with Crippen molar-refractivity contribution in [1.29, 1.82) is 0 Å². The lowest BCUT2D eigenvalue weighted by molar-refractivity contribution is 0.00181. The highest BCUT2D eigenvalue weighted by Crippen LogP contribution is 2.15. The van der Waals surface area contributed by atoms with E-state index in [-0.39, 0.29) is 6.10 Å². The average Bonchev–Trinajstić information content (AvgIpc) is 1.98. The molecular formula is C8H17NO2. The standard InChI is InChI=1S/C8H17NO2/c1-7-3-4-9(7)5-8(10)6-11-2/h7-8,10H,3-6H2,1-2H3. The second kappa shape index (κ2) is 4.04. The molecule has 66 valence electrons. The number of aliphatic hydroxyl groups excluding tert-OH is 1. The van der Waals surface area contributed by atoms with Crippen LogP contribution in [0.4, 0.5) is 0 Å². The minimum atomic E-state index is -0.317. The summed E-state index contributed by atoms with van der Waals surface area (Å²) in [5, 5.41) is 9.34. The molecule has 3 heteroatoms. The predicted octanol–water partition coefficient (Wildman–Crippen LogP) is 0.0879. The monoisotopic (exact) mass is 159 g/mol. The molecule has 3 nitrogen and oxygen atoms in total. The summed E-state index contributed by atoms with van der Waals surface area (Å²) < 4.78 is 4.83. The van der Waals surface area contributed by atoms with Gasteiger partial charge in [-0.05, 0) is 13.3 Å². The first-order valence-corrected chi connectivity index (χ1v) is 4.15. The third-order valence-corrected chi connectivity index (χ3v) is 2.26. The summed E-state index contributed by atoms with van der Waals surface area (Å²) in [6, 6.07) is 0.654. The first-order chi connectivity index (χ1) is 5.24. The topological polar surface area (TPSA) is 32.7 Å². The van der Waals surface area contributed by atoms with Crippen molar-refractivity contribution in [3.8, 4) is 0 Å². The molecule has 0 radical (unpaired) electrons. The molecule has 0 saturated carbocycles. The number of hydrogen-bond acceptors (Lipinski definition) is 3. The molecule has 0 aromatic carbocycles. The molecule has 1 heterocycles. The van der Waals surface area contributed by atoms with E-state index in [2.05, 4.69) is 11.8 Å². The zero-order valence-electron chi connectivity index (χ0n) is 7.29. The van der Waals surface area contributed by atoms with Crippen molar-refractivity contribution < 1.29 is 9.84 Å². The van der Waals surface area contributed by atoms with Gasteiger partial charge in [0.25, 0.3) is 0 Å². The Hall–Kier alpha value is -0.120. The second-order valence-corrected chi connectivity index (χ2v) is 3.24. The van der Waals surface area contributed by atoms with Crippen LogP contribution in [0.5, 0.6) is 0 Å². The maximum absolute atomic E-state index is 9.34. The second-order valence-electron chi connectivity index (χ2n) is 3.24. The molecule has 1 N–H and O–H groups in total. The van der Waals surface area contributed by atoms with E-state index in [0.29, 0.717) is 12.6 Å². The van der Waals surface area contributed by atoms with Gasteiger partial charge in [0.1, 0.15) is 0 Å². The van der Waals surface area contributed by atoms with Crippen LogP contribution in [0.25, 0.3) is 0 Å². The van der Waals surface area contributed by atoms with Gasteiger partial charge in [-0.15, -0.1) is 0 Å². The SMILES string of the molecule is COCC(O)CN1CCC1C. The molecule has 0 aromatic heterocycles. The zero-order valence-corrected chi connectivity index (χ0v) is 7.29. The smallest absolute Gasteiger partial charge is 0.0900 e. The fraction of sp³-hybridized carbons (Fsp3) is 1.00. The Labute approximate surface area is 68.0 Å². The Kier molecular flexibility index (Phi) is 3.30. The molecule has 1 saturated heterocycles. The molecule has 0 aromatic rings. The van der Waals surface area contributed by atoms with Crippen molar-refractivity contribution in [2.45, 2.75) is 25.5 Å². The summed E-state index contributed by atoms with van der Waals surface area (Å²) in [5.74, 6) is 0. The molecule has 1 aliphatic heterocycles. The van der Waals surface area contributed by atoms with Gasteiger partial charge in [-0.1, -0.05) is 0 Å². The van der Waals surface area contributed by atoms with Crippen molar-refractivity contribution in [3.63, 3.8) is 0 Å². The van der Waals surface area contributed by atoms with Gasteiger partial charge in [0.05, 0.1) is 12.7 Å². The van der Waals surface area contributed by atoms with Crippen molar-refractivity contribution in [3.05, 3.63) is 0 Å². The summed E-state index contributed by atoms with van der Waals surface area (Å²) in [7, 11) is 1.61. The minimum absolute atomic E-state index is 0.317. The molecule has 1 fully saturated rings. The fourth-order valence-electron chi connectivity index (χ4n) is 1.36. The van der Waals surface area contributed by atoms with Gasteiger partial charge in [0.2, 0.25) is 0 Å². The van der Waals surface area contributed by atoms with E-state index in [1.54, 1.807) is 7.11 Å². The van der Waals surface area contributed by atoms with Gasteiger partial charge in [-0.25, -0.2) is 0 Å². The minimum Gasteiger partial charge on any atom is -0.389 e. The fourth-order valence-corrected chi connectivity index (χ4v) is 1.36. The third kappa shape index (κ3) is 2.43. The maximum Gasteiger partial charge on any atom is 0.0900 e. The van der Waals surface area contributed by atoms with E-state index in [0.717, 1.165) is 13.1 Å². The lowest BCUT2D eigenvalue weighted by Crippen LogP contribution is -2.49. The highest BCUT2D eigenvalue weighted by atomic mass is 16.5. The molecule has 0 spiro atoms. The average molecular weight is 159 g/mol. The number of likely N-dealkylation sites (tertiary alicyclic amines) is 1. The molecule has 1 aliphatic rings. The van der Waals surface area contributed by atoms with Crippen LogP contribution in [-0.2, 0) is 4.74 Å². The Bertz CT molecular complexity index is 119. The first-order valence-electron chi connectivity index (χ1n) is 4.15.